The quantitative estimate of drug-likeness (QED) is 0.417. The van der Waals surface area contributed by atoms with E-state index in [2.05, 4.69) is 22.3 Å². The monoisotopic (exact) mass is 500 g/mol. The van der Waals surface area contributed by atoms with Crippen LogP contribution in [0.25, 0.3) is 11.4 Å². The van der Waals surface area contributed by atoms with Gasteiger partial charge in [0.2, 0.25) is 5.91 Å². The molecule has 0 aliphatic carbocycles. The highest BCUT2D eigenvalue weighted by atomic mass is 32.2. The van der Waals surface area contributed by atoms with Gasteiger partial charge in [-0.25, -0.2) is 8.42 Å². The second-order valence-corrected chi connectivity index (χ2v) is 11.4. The number of methoxy groups -OCH3 is 1. The lowest BCUT2D eigenvalue weighted by molar-refractivity contribution is -0.128. The lowest BCUT2D eigenvalue weighted by atomic mass is 10.1. The van der Waals surface area contributed by atoms with Crippen molar-refractivity contribution in [2.75, 3.05) is 31.4 Å². The number of aryl methyl sites for hydroxylation is 1. The second-order valence-electron chi connectivity index (χ2n) is 8.27. The first-order valence-electron chi connectivity index (χ1n) is 11.1. The Balaban J connectivity index is 1.51. The normalized spacial score (nSPS) is 16.9. The Kier molecular flexibility index (Phi) is 7.57. The Morgan fingerprint density at radius 1 is 1.15 bits per heavy atom. The van der Waals surface area contributed by atoms with E-state index in [0.717, 1.165) is 23.6 Å². The summed E-state index contributed by atoms with van der Waals surface area (Å²) >= 11 is 1.32. The van der Waals surface area contributed by atoms with E-state index >= 15 is 0 Å². The Labute approximate surface area is 204 Å². The molecule has 1 aliphatic rings. The van der Waals surface area contributed by atoms with Gasteiger partial charge in [0.05, 0.1) is 24.4 Å². The van der Waals surface area contributed by atoms with Crippen LogP contribution >= 0.6 is 11.8 Å². The number of carbonyl (C=O) groups excluding carboxylic acids is 1. The van der Waals surface area contributed by atoms with Crippen molar-refractivity contribution < 1.29 is 17.9 Å². The highest BCUT2D eigenvalue weighted by Crippen LogP contribution is 2.27. The van der Waals surface area contributed by atoms with Crippen molar-refractivity contribution in [3.8, 4) is 17.1 Å². The van der Waals surface area contributed by atoms with Gasteiger partial charge < -0.3 is 14.2 Å². The number of thioether (sulfide) groups is 1. The van der Waals surface area contributed by atoms with E-state index < -0.39 is 9.84 Å². The average Bonchev–Trinajstić information content (AvgIpc) is 3.43. The van der Waals surface area contributed by atoms with E-state index in [1.165, 1.54) is 17.3 Å². The van der Waals surface area contributed by atoms with Crippen molar-refractivity contribution in [1.82, 2.24) is 19.7 Å². The summed E-state index contributed by atoms with van der Waals surface area (Å²) in [7, 11) is 0.254. The molecular weight excluding hydrogens is 472 g/mol. The fraction of sp³-hybridized carbons (Fsp3) is 0.375. The van der Waals surface area contributed by atoms with E-state index in [1.807, 2.05) is 47.0 Å². The van der Waals surface area contributed by atoms with Gasteiger partial charge in [-0.1, -0.05) is 42.1 Å². The lowest BCUT2D eigenvalue weighted by Crippen LogP contribution is -2.38. The molecule has 0 bridgehead atoms. The minimum atomic E-state index is -3.05. The van der Waals surface area contributed by atoms with Crippen LogP contribution in [0.3, 0.4) is 0 Å². The van der Waals surface area contributed by atoms with Gasteiger partial charge >= 0.3 is 0 Å². The van der Waals surface area contributed by atoms with Crippen molar-refractivity contribution in [3.05, 3.63) is 60.2 Å². The molecule has 2 heterocycles. The number of ether oxygens (including phenoxy) is 1. The van der Waals surface area contributed by atoms with Crippen LogP contribution in [0.4, 0.5) is 0 Å². The van der Waals surface area contributed by atoms with E-state index in [1.54, 1.807) is 19.1 Å². The zero-order valence-corrected chi connectivity index (χ0v) is 20.9. The van der Waals surface area contributed by atoms with E-state index in [9.17, 15) is 13.2 Å². The number of amides is 1. The molecule has 1 saturated heterocycles. The first-order valence-corrected chi connectivity index (χ1v) is 13.9. The molecule has 4 rings (SSSR count). The number of carbonyl (C=O) groups is 1. The first-order chi connectivity index (χ1) is 16.4. The van der Waals surface area contributed by atoms with Crippen LogP contribution in [0.2, 0.25) is 0 Å². The van der Waals surface area contributed by atoms with Crippen LogP contribution < -0.4 is 4.74 Å². The van der Waals surface area contributed by atoms with Crippen molar-refractivity contribution >= 4 is 27.5 Å². The third-order valence-electron chi connectivity index (χ3n) is 6.01. The maximum absolute atomic E-state index is 12.8. The number of nitrogens with zero attached hydrogens (tertiary/aromatic N) is 4. The molecule has 0 saturated carbocycles. The van der Waals surface area contributed by atoms with Crippen LogP contribution in [0.1, 0.15) is 12.0 Å². The second kappa shape index (κ2) is 10.6. The molecule has 10 heteroatoms. The topological polar surface area (TPSA) is 94.4 Å². The number of benzene rings is 2. The lowest BCUT2D eigenvalue weighted by Gasteiger charge is -2.23. The summed E-state index contributed by atoms with van der Waals surface area (Å²) in [5.41, 5.74) is 2.11. The molecule has 3 aromatic rings. The number of sulfone groups is 1. The fourth-order valence-corrected chi connectivity index (χ4v) is 6.61. The third-order valence-corrected chi connectivity index (χ3v) is 8.71. The molecule has 0 radical (unpaired) electrons. The average molecular weight is 501 g/mol. The minimum Gasteiger partial charge on any atom is -0.497 e. The van der Waals surface area contributed by atoms with Gasteiger partial charge in [-0.2, -0.15) is 0 Å². The molecule has 1 fully saturated rings. The Hall–Kier alpha value is -2.85. The third kappa shape index (κ3) is 5.79. The molecule has 1 aliphatic heterocycles. The fourth-order valence-electron chi connectivity index (χ4n) is 3.95. The van der Waals surface area contributed by atoms with Crippen LogP contribution in [0, 0.1) is 0 Å². The SMILES string of the molecule is COc1ccc(-c2nnc(SCC(=O)N(C)[C@@H]3CCS(=O)(=O)C3)n2CCc2ccccc2)cc1. The molecule has 1 amide bonds. The molecule has 34 heavy (non-hydrogen) atoms. The highest BCUT2D eigenvalue weighted by molar-refractivity contribution is 7.99. The predicted molar refractivity (Wildman–Crippen MR) is 133 cm³/mol. The van der Waals surface area contributed by atoms with Crippen LogP contribution in [0.5, 0.6) is 5.75 Å². The van der Waals surface area contributed by atoms with E-state index in [-0.39, 0.29) is 29.2 Å². The van der Waals surface area contributed by atoms with E-state index in [0.29, 0.717) is 18.1 Å². The maximum atomic E-state index is 12.8. The van der Waals surface area contributed by atoms with Crippen molar-refractivity contribution in [1.29, 1.82) is 0 Å². The van der Waals surface area contributed by atoms with Gasteiger partial charge in [-0.3, -0.25) is 4.79 Å². The molecule has 0 spiro atoms. The summed E-state index contributed by atoms with van der Waals surface area (Å²) in [4.78, 5) is 14.4. The summed E-state index contributed by atoms with van der Waals surface area (Å²) < 4.78 is 30.9. The number of hydrogen-bond donors (Lipinski definition) is 0. The predicted octanol–water partition coefficient (Wildman–Crippen LogP) is 2.93. The van der Waals surface area contributed by atoms with Crippen LogP contribution in [-0.4, -0.2) is 71.4 Å². The summed E-state index contributed by atoms with van der Waals surface area (Å²) in [6.45, 7) is 0.658. The molecular formula is C24H28N4O4S2. The van der Waals surface area contributed by atoms with Gasteiger partial charge in [0.15, 0.2) is 20.8 Å². The summed E-state index contributed by atoms with van der Waals surface area (Å²) in [6.07, 6.45) is 1.29. The van der Waals surface area contributed by atoms with Crippen LogP contribution in [0.15, 0.2) is 59.8 Å². The molecule has 180 valence electrons. The van der Waals surface area contributed by atoms with Gasteiger partial charge in [0, 0.05) is 25.2 Å². The molecule has 1 aromatic heterocycles. The number of rotatable bonds is 9. The maximum Gasteiger partial charge on any atom is 0.233 e. The summed E-state index contributed by atoms with van der Waals surface area (Å²) in [5.74, 6) is 1.71. The standard InChI is InChI=1S/C24H28N4O4S2/c1-27(20-13-15-34(30,31)17-20)22(29)16-33-24-26-25-23(19-8-10-21(32-2)11-9-19)28(24)14-12-18-6-4-3-5-7-18/h3-11,20H,12-17H2,1-2H3/t20-/m1/s1. The van der Waals surface area contributed by atoms with Crippen LogP contribution in [-0.2, 0) is 27.6 Å². The number of aromatic nitrogens is 3. The molecule has 0 unspecified atom stereocenters. The van der Waals surface area contributed by atoms with Gasteiger partial charge in [-0.15, -0.1) is 10.2 Å². The zero-order chi connectivity index (χ0) is 24.1. The van der Waals surface area contributed by atoms with Gasteiger partial charge in [-0.05, 0) is 42.7 Å². The molecule has 2 aromatic carbocycles. The largest absolute Gasteiger partial charge is 0.497 e. The first kappa shape index (κ1) is 24.3. The van der Waals surface area contributed by atoms with Gasteiger partial charge in [0.25, 0.3) is 0 Å². The van der Waals surface area contributed by atoms with Gasteiger partial charge in [0.1, 0.15) is 5.75 Å². The molecule has 1 atom stereocenters. The Morgan fingerprint density at radius 2 is 1.88 bits per heavy atom. The minimum absolute atomic E-state index is 0.0365. The Bertz CT molecular complexity index is 1230. The van der Waals surface area contributed by atoms with Crippen molar-refractivity contribution in [3.63, 3.8) is 0 Å². The molecule has 0 N–H and O–H groups in total. The molecule has 8 nitrogen and oxygen atoms in total. The Morgan fingerprint density at radius 3 is 2.53 bits per heavy atom. The number of hydrogen-bond acceptors (Lipinski definition) is 7. The van der Waals surface area contributed by atoms with Crippen molar-refractivity contribution in [2.24, 2.45) is 0 Å². The highest BCUT2D eigenvalue weighted by Gasteiger charge is 2.32. The smallest absolute Gasteiger partial charge is 0.233 e. The van der Waals surface area contributed by atoms with Crippen molar-refractivity contribution in [2.45, 2.75) is 30.6 Å². The van der Waals surface area contributed by atoms with E-state index in [4.69, 9.17) is 4.74 Å². The zero-order valence-electron chi connectivity index (χ0n) is 19.3. The summed E-state index contributed by atoms with van der Waals surface area (Å²) in [6, 6.07) is 17.6. The summed E-state index contributed by atoms with van der Waals surface area (Å²) in [5, 5.41) is 9.45.